The molecule has 0 saturated carbocycles. The summed E-state index contributed by atoms with van der Waals surface area (Å²) in [5, 5.41) is 0.983. The molecule has 0 fully saturated rings. The minimum absolute atomic E-state index is 0.00291. The molecule has 6 nitrogen and oxygen atoms in total. The zero-order valence-electron chi connectivity index (χ0n) is 18.8. The number of benzene rings is 3. The zero-order valence-corrected chi connectivity index (χ0v) is 22.1. The highest BCUT2D eigenvalue weighted by Crippen LogP contribution is 2.38. The highest BCUT2D eigenvalue weighted by molar-refractivity contribution is 7.95. The van der Waals surface area contributed by atoms with E-state index in [4.69, 9.17) is 0 Å². The van der Waals surface area contributed by atoms with Crippen LogP contribution in [0.2, 0.25) is 0 Å². The lowest BCUT2D eigenvalue weighted by atomic mass is 10.2. The van der Waals surface area contributed by atoms with Crippen molar-refractivity contribution in [2.75, 3.05) is 9.44 Å². The van der Waals surface area contributed by atoms with Gasteiger partial charge in [-0.3, -0.25) is 9.44 Å². The fourth-order valence-corrected chi connectivity index (χ4v) is 9.55. The molecule has 5 rings (SSSR count). The van der Waals surface area contributed by atoms with Gasteiger partial charge in [-0.15, -0.1) is 22.7 Å². The van der Waals surface area contributed by atoms with Crippen LogP contribution in [0.15, 0.2) is 69.1 Å². The van der Waals surface area contributed by atoms with E-state index in [1.165, 1.54) is 48.5 Å². The van der Waals surface area contributed by atoms with Gasteiger partial charge < -0.3 is 0 Å². The molecular formula is C24H18F2N2O4S4. The van der Waals surface area contributed by atoms with Crippen molar-refractivity contribution in [2.45, 2.75) is 22.3 Å². The number of hydrogen-bond acceptors (Lipinski definition) is 6. The molecule has 2 N–H and O–H groups in total. The summed E-state index contributed by atoms with van der Waals surface area (Å²) in [5.74, 6) is -0.946. The third kappa shape index (κ3) is 4.34. The Bertz CT molecular complexity index is 1740. The number of fused-ring (bicyclic) bond motifs is 2. The number of halogens is 2. The first kappa shape index (κ1) is 24.6. The first-order valence-corrected chi connectivity index (χ1v) is 15.1. The van der Waals surface area contributed by atoms with Crippen molar-refractivity contribution in [1.29, 1.82) is 0 Å². The van der Waals surface area contributed by atoms with E-state index in [1.807, 2.05) is 0 Å². The summed E-state index contributed by atoms with van der Waals surface area (Å²) in [4.78, 5) is 0. The van der Waals surface area contributed by atoms with Crippen molar-refractivity contribution in [3.8, 4) is 0 Å². The number of anilines is 2. The molecule has 0 aliphatic heterocycles. The minimum atomic E-state index is -4.12. The molecule has 0 aliphatic carbocycles. The zero-order chi connectivity index (χ0) is 25.8. The number of para-hydroxylation sites is 2. The standard InChI is InChI=1S/C24H18F2N2O4S4/c1-13-17-11-15(25)7-9-21(17)33-23(13)35(29,30)27-19-5-3-4-6-20(19)28-36(31,32)24-14(2)18-12-16(26)8-10-22(18)34-24/h3-12,27-28H,1-2H3. The van der Waals surface area contributed by atoms with Crippen LogP contribution in [0.5, 0.6) is 0 Å². The number of sulfonamides is 2. The van der Waals surface area contributed by atoms with Crippen LogP contribution in [-0.2, 0) is 20.0 Å². The Kier molecular flexibility index (Phi) is 6.02. The summed E-state index contributed by atoms with van der Waals surface area (Å²) in [6.45, 7) is 3.18. The van der Waals surface area contributed by atoms with Crippen LogP contribution in [0.3, 0.4) is 0 Å². The Morgan fingerprint density at radius 1 is 0.639 bits per heavy atom. The van der Waals surface area contributed by atoms with Crippen LogP contribution < -0.4 is 9.44 Å². The van der Waals surface area contributed by atoms with E-state index in [2.05, 4.69) is 9.44 Å². The van der Waals surface area contributed by atoms with Crippen LogP contribution in [0, 0.1) is 25.5 Å². The molecule has 0 atom stereocenters. The summed E-state index contributed by atoms with van der Waals surface area (Å²) in [6, 6.07) is 14.1. The minimum Gasteiger partial charge on any atom is -0.277 e. The molecule has 0 saturated heterocycles. The Morgan fingerprint density at radius 3 is 1.42 bits per heavy atom. The molecular weight excluding hydrogens is 547 g/mol. The second kappa shape index (κ2) is 8.80. The van der Waals surface area contributed by atoms with E-state index < -0.39 is 31.7 Å². The van der Waals surface area contributed by atoms with Gasteiger partial charge in [0.15, 0.2) is 0 Å². The van der Waals surface area contributed by atoms with Crippen LogP contribution in [0.4, 0.5) is 20.2 Å². The van der Waals surface area contributed by atoms with E-state index in [0.29, 0.717) is 31.3 Å². The lowest BCUT2D eigenvalue weighted by molar-refractivity contribution is 0.600. The SMILES string of the molecule is Cc1c(S(=O)(=O)Nc2ccccc2NS(=O)(=O)c2sc3ccc(F)cc3c2C)sc2ccc(F)cc12. The van der Waals surface area contributed by atoms with Gasteiger partial charge >= 0.3 is 0 Å². The Morgan fingerprint density at radius 2 is 1.03 bits per heavy atom. The fourth-order valence-electron chi connectivity index (χ4n) is 3.90. The molecule has 0 spiro atoms. The maximum absolute atomic E-state index is 13.7. The monoisotopic (exact) mass is 564 g/mol. The Labute approximate surface area is 214 Å². The molecule has 186 valence electrons. The summed E-state index contributed by atoms with van der Waals surface area (Å²) in [5.41, 5.74) is 0.837. The fraction of sp³-hybridized carbons (Fsp3) is 0.0833. The van der Waals surface area contributed by atoms with Gasteiger partial charge in [0, 0.05) is 9.40 Å². The molecule has 0 aliphatic rings. The van der Waals surface area contributed by atoms with Crippen molar-refractivity contribution < 1.29 is 25.6 Å². The molecule has 2 aromatic heterocycles. The van der Waals surface area contributed by atoms with Gasteiger partial charge in [0.25, 0.3) is 20.0 Å². The van der Waals surface area contributed by atoms with Crippen molar-refractivity contribution in [2.24, 2.45) is 0 Å². The molecule has 0 bridgehead atoms. The molecule has 0 radical (unpaired) electrons. The lowest BCUT2D eigenvalue weighted by Crippen LogP contribution is -2.17. The van der Waals surface area contributed by atoms with Crippen molar-refractivity contribution in [3.63, 3.8) is 0 Å². The van der Waals surface area contributed by atoms with Gasteiger partial charge in [0.2, 0.25) is 0 Å². The van der Waals surface area contributed by atoms with Gasteiger partial charge in [-0.2, -0.15) is 0 Å². The Hall–Kier alpha value is -3.06. The van der Waals surface area contributed by atoms with Gasteiger partial charge in [0.1, 0.15) is 20.1 Å². The van der Waals surface area contributed by atoms with Crippen LogP contribution in [-0.4, -0.2) is 16.8 Å². The number of nitrogens with one attached hydrogen (secondary N) is 2. The number of hydrogen-bond donors (Lipinski definition) is 2. The molecule has 12 heteroatoms. The summed E-state index contributed by atoms with van der Waals surface area (Å²) in [6.07, 6.45) is 0. The Balaban J connectivity index is 1.51. The average molecular weight is 565 g/mol. The van der Waals surface area contributed by atoms with E-state index in [1.54, 1.807) is 26.0 Å². The third-order valence-corrected chi connectivity index (χ3v) is 12.1. The van der Waals surface area contributed by atoms with E-state index in [0.717, 1.165) is 22.7 Å². The van der Waals surface area contributed by atoms with E-state index in [9.17, 15) is 25.6 Å². The quantitative estimate of drug-likeness (QED) is 0.243. The van der Waals surface area contributed by atoms with Gasteiger partial charge in [0.05, 0.1) is 11.4 Å². The second-order valence-corrected chi connectivity index (χ2v) is 13.9. The van der Waals surface area contributed by atoms with Gasteiger partial charge in [-0.05, 0) is 84.3 Å². The number of rotatable bonds is 6. The molecule has 3 aromatic carbocycles. The molecule has 2 heterocycles. The predicted octanol–water partition coefficient (Wildman–Crippen LogP) is 6.61. The topological polar surface area (TPSA) is 92.3 Å². The largest absolute Gasteiger partial charge is 0.277 e. The maximum atomic E-state index is 13.7. The predicted molar refractivity (Wildman–Crippen MR) is 141 cm³/mol. The van der Waals surface area contributed by atoms with Crippen molar-refractivity contribution in [1.82, 2.24) is 0 Å². The van der Waals surface area contributed by atoms with Gasteiger partial charge in [-0.25, -0.2) is 25.6 Å². The molecule has 36 heavy (non-hydrogen) atoms. The number of thiophene rings is 2. The van der Waals surface area contributed by atoms with Gasteiger partial charge in [-0.1, -0.05) is 12.1 Å². The second-order valence-electron chi connectivity index (χ2n) is 8.07. The molecule has 0 amide bonds. The maximum Gasteiger partial charge on any atom is 0.271 e. The number of aryl methyl sites for hydroxylation is 2. The summed E-state index contributed by atoms with van der Waals surface area (Å²) < 4.78 is 86.6. The summed E-state index contributed by atoms with van der Waals surface area (Å²) in [7, 11) is -8.25. The summed E-state index contributed by atoms with van der Waals surface area (Å²) >= 11 is 1.99. The van der Waals surface area contributed by atoms with E-state index in [-0.39, 0.29) is 19.8 Å². The van der Waals surface area contributed by atoms with E-state index >= 15 is 0 Å². The lowest BCUT2D eigenvalue weighted by Gasteiger charge is -2.14. The average Bonchev–Trinajstić information content (AvgIpc) is 3.32. The smallest absolute Gasteiger partial charge is 0.271 e. The normalized spacial score (nSPS) is 12.3. The van der Waals surface area contributed by atoms with Crippen molar-refractivity contribution in [3.05, 3.63) is 83.4 Å². The van der Waals surface area contributed by atoms with Crippen LogP contribution >= 0.6 is 22.7 Å². The highest BCUT2D eigenvalue weighted by Gasteiger charge is 2.26. The third-order valence-electron chi connectivity index (χ3n) is 5.61. The first-order valence-electron chi connectivity index (χ1n) is 10.5. The highest BCUT2D eigenvalue weighted by atomic mass is 32.3. The van der Waals surface area contributed by atoms with Crippen molar-refractivity contribution >= 4 is 74.3 Å². The molecule has 5 aromatic rings. The van der Waals surface area contributed by atoms with Crippen LogP contribution in [0.25, 0.3) is 20.2 Å². The molecule has 0 unspecified atom stereocenters. The first-order chi connectivity index (χ1) is 17.0. The van der Waals surface area contributed by atoms with Crippen LogP contribution in [0.1, 0.15) is 11.1 Å².